The molecule has 110 valence electrons. The van der Waals surface area contributed by atoms with Gasteiger partial charge in [0.2, 0.25) is 0 Å². The van der Waals surface area contributed by atoms with E-state index in [4.69, 9.17) is 4.74 Å². The molecule has 18 heavy (non-hydrogen) atoms. The van der Waals surface area contributed by atoms with Crippen LogP contribution in [-0.2, 0) is 4.74 Å². The van der Waals surface area contributed by atoms with Crippen molar-refractivity contribution in [3.8, 4) is 0 Å². The van der Waals surface area contributed by atoms with E-state index in [1.54, 1.807) is 0 Å². The van der Waals surface area contributed by atoms with E-state index in [9.17, 15) is 0 Å². The molecule has 0 saturated carbocycles. The Balaban J connectivity index is 4.42. The second-order valence-electron chi connectivity index (χ2n) is 7.63. The minimum Gasteiger partial charge on any atom is -0.379 e. The van der Waals surface area contributed by atoms with Crippen molar-refractivity contribution in [1.82, 2.24) is 5.32 Å². The van der Waals surface area contributed by atoms with Crippen LogP contribution in [0.25, 0.3) is 0 Å². The summed E-state index contributed by atoms with van der Waals surface area (Å²) in [6, 6.07) is 0. The van der Waals surface area contributed by atoms with Crippen molar-refractivity contribution in [3.63, 3.8) is 0 Å². The second-order valence-corrected chi connectivity index (χ2v) is 7.63. The predicted octanol–water partition coefficient (Wildman–Crippen LogP) is 4.39. The van der Waals surface area contributed by atoms with E-state index in [-0.39, 0.29) is 11.1 Å². The quantitative estimate of drug-likeness (QED) is 0.696. The summed E-state index contributed by atoms with van der Waals surface area (Å²) in [5.41, 5.74) is 0.570. The highest BCUT2D eigenvalue weighted by Gasteiger charge is 2.28. The third-order valence-electron chi connectivity index (χ3n) is 3.78. The van der Waals surface area contributed by atoms with Gasteiger partial charge < -0.3 is 10.1 Å². The van der Waals surface area contributed by atoms with Gasteiger partial charge in [-0.15, -0.1) is 0 Å². The van der Waals surface area contributed by atoms with Gasteiger partial charge in [-0.05, 0) is 59.3 Å². The number of rotatable bonds is 8. The lowest BCUT2D eigenvalue weighted by molar-refractivity contribution is 0.00346. The van der Waals surface area contributed by atoms with E-state index in [0.717, 1.165) is 13.0 Å². The van der Waals surface area contributed by atoms with Crippen LogP contribution in [0.15, 0.2) is 0 Å². The molecule has 0 heterocycles. The lowest BCUT2D eigenvalue weighted by Gasteiger charge is -2.36. The fourth-order valence-corrected chi connectivity index (χ4v) is 2.09. The Morgan fingerprint density at radius 1 is 0.889 bits per heavy atom. The summed E-state index contributed by atoms with van der Waals surface area (Å²) in [5, 5.41) is 3.66. The Kier molecular flexibility index (Phi) is 6.87. The molecule has 0 saturated heterocycles. The van der Waals surface area contributed by atoms with Gasteiger partial charge in [0.25, 0.3) is 0 Å². The molecule has 0 aromatic carbocycles. The van der Waals surface area contributed by atoms with Crippen molar-refractivity contribution < 1.29 is 4.74 Å². The van der Waals surface area contributed by atoms with E-state index in [1.807, 2.05) is 7.11 Å². The first-order valence-electron chi connectivity index (χ1n) is 7.34. The van der Waals surface area contributed by atoms with Crippen LogP contribution in [-0.4, -0.2) is 24.8 Å². The smallest absolute Gasteiger partial charge is 0.0623 e. The van der Waals surface area contributed by atoms with Gasteiger partial charge in [-0.1, -0.05) is 20.3 Å². The summed E-state index contributed by atoms with van der Waals surface area (Å²) in [5.74, 6) is 0. The van der Waals surface area contributed by atoms with Crippen LogP contribution >= 0.6 is 0 Å². The SMILES string of the molecule is CCCC(C)(CCC(C)(C)OC)CNC(C)(C)C. The Morgan fingerprint density at radius 2 is 1.44 bits per heavy atom. The molecule has 0 amide bonds. The van der Waals surface area contributed by atoms with Gasteiger partial charge in [0.05, 0.1) is 5.60 Å². The van der Waals surface area contributed by atoms with Gasteiger partial charge in [0.15, 0.2) is 0 Å². The standard InChI is InChI=1S/C16H35NO/c1-9-10-16(7,13-17-14(2,3)4)12-11-15(5,6)18-8/h17H,9-13H2,1-8H3. The molecule has 0 aliphatic rings. The van der Waals surface area contributed by atoms with Gasteiger partial charge in [0, 0.05) is 19.2 Å². The maximum absolute atomic E-state index is 5.54. The maximum Gasteiger partial charge on any atom is 0.0623 e. The minimum absolute atomic E-state index is 0.00324. The normalized spacial score (nSPS) is 16.7. The van der Waals surface area contributed by atoms with Crippen molar-refractivity contribution >= 4 is 0 Å². The molecule has 0 aromatic heterocycles. The molecule has 1 unspecified atom stereocenters. The molecule has 2 nitrogen and oxygen atoms in total. The van der Waals surface area contributed by atoms with Crippen molar-refractivity contribution in [2.24, 2.45) is 5.41 Å². The molecule has 0 rings (SSSR count). The third kappa shape index (κ3) is 8.10. The number of methoxy groups -OCH3 is 1. The van der Waals surface area contributed by atoms with E-state index >= 15 is 0 Å². The zero-order valence-electron chi connectivity index (χ0n) is 13.9. The van der Waals surface area contributed by atoms with E-state index in [1.165, 1.54) is 19.3 Å². The summed E-state index contributed by atoms with van der Waals surface area (Å²) >= 11 is 0. The molecule has 1 N–H and O–H groups in total. The average molecular weight is 257 g/mol. The lowest BCUT2D eigenvalue weighted by Crippen LogP contribution is -2.43. The Labute approximate surface area is 115 Å². The highest BCUT2D eigenvalue weighted by molar-refractivity contribution is 4.83. The molecule has 2 heteroatoms. The molecule has 0 aliphatic carbocycles. The van der Waals surface area contributed by atoms with Crippen molar-refractivity contribution in [1.29, 1.82) is 0 Å². The third-order valence-corrected chi connectivity index (χ3v) is 3.78. The molecule has 0 spiro atoms. The van der Waals surface area contributed by atoms with E-state index < -0.39 is 0 Å². The van der Waals surface area contributed by atoms with Crippen LogP contribution in [0, 0.1) is 5.41 Å². The summed E-state index contributed by atoms with van der Waals surface area (Å²) in [6.45, 7) is 16.8. The molecular formula is C16H35NO. The highest BCUT2D eigenvalue weighted by atomic mass is 16.5. The van der Waals surface area contributed by atoms with Crippen molar-refractivity contribution in [2.45, 2.75) is 85.3 Å². The average Bonchev–Trinajstić information content (AvgIpc) is 2.24. The van der Waals surface area contributed by atoms with Gasteiger partial charge in [-0.25, -0.2) is 0 Å². The summed E-state index contributed by atoms with van der Waals surface area (Å²) in [6.07, 6.45) is 4.85. The number of ether oxygens (including phenoxy) is 1. The monoisotopic (exact) mass is 257 g/mol. The molecule has 0 aromatic rings. The fraction of sp³-hybridized carbons (Fsp3) is 1.00. The molecule has 0 aliphatic heterocycles. The van der Waals surface area contributed by atoms with Crippen LogP contribution in [0.4, 0.5) is 0 Å². The highest BCUT2D eigenvalue weighted by Crippen LogP contribution is 2.32. The van der Waals surface area contributed by atoms with Crippen LogP contribution < -0.4 is 5.32 Å². The van der Waals surface area contributed by atoms with E-state index in [0.29, 0.717) is 5.41 Å². The van der Waals surface area contributed by atoms with Gasteiger partial charge >= 0.3 is 0 Å². The summed E-state index contributed by atoms with van der Waals surface area (Å²) in [4.78, 5) is 0. The van der Waals surface area contributed by atoms with E-state index in [2.05, 4.69) is 53.8 Å². The summed E-state index contributed by atoms with van der Waals surface area (Å²) < 4.78 is 5.54. The number of hydrogen-bond donors (Lipinski definition) is 1. The van der Waals surface area contributed by atoms with Gasteiger partial charge in [-0.2, -0.15) is 0 Å². The Hall–Kier alpha value is -0.0800. The van der Waals surface area contributed by atoms with Crippen molar-refractivity contribution in [3.05, 3.63) is 0 Å². The van der Waals surface area contributed by atoms with Crippen LogP contribution in [0.2, 0.25) is 0 Å². The fourth-order valence-electron chi connectivity index (χ4n) is 2.09. The van der Waals surface area contributed by atoms with Crippen LogP contribution in [0.3, 0.4) is 0 Å². The second kappa shape index (κ2) is 6.91. The molecule has 0 bridgehead atoms. The summed E-state index contributed by atoms with van der Waals surface area (Å²) in [7, 11) is 1.81. The van der Waals surface area contributed by atoms with Gasteiger partial charge in [-0.3, -0.25) is 0 Å². The predicted molar refractivity (Wildman–Crippen MR) is 81.1 cm³/mol. The zero-order valence-corrected chi connectivity index (χ0v) is 13.9. The molecule has 0 fully saturated rings. The maximum atomic E-state index is 5.54. The number of nitrogens with one attached hydrogen (secondary N) is 1. The Morgan fingerprint density at radius 3 is 1.83 bits per heavy atom. The largest absolute Gasteiger partial charge is 0.379 e. The lowest BCUT2D eigenvalue weighted by atomic mass is 9.78. The van der Waals surface area contributed by atoms with Gasteiger partial charge in [0.1, 0.15) is 0 Å². The Bertz CT molecular complexity index is 230. The first-order valence-corrected chi connectivity index (χ1v) is 7.34. The van der Waals surface area contributed by atoms with Crippen LogP contribution in [0.1, 0.15) is 74.1 Å². The minimum atomic E-state index is -0.00324. The molecule has 1 atom stereocenters. The first kappa shape index (κ1) is 17.9. The first-order chi connectivity index (χ1) is 8.04. The number of hydrogen-bond acceptors (Lipinski definition) is 2. The van der Waals surface area contributed by atoms with Crippen LogP contribution in [0.5, 0.6) is 0 Å². The topological polar surface area (TPSA) is 21.3 Å². The van der Waals surface area contributed by atoms with Crippen molar-refractivity contribution in [2.75, 3.05) is 13.7 Å². The molecule has 0 radical (unpaired) electrons. The molecular weight excluding hydrogens is 222 g/mol. The zero-order chi connectivity index (χ0) is 14.4.